The molecule has 2 aromatic carbocycles. The fourth-order valence-electron chi connectivity index (χ4n) is 2.37. The Kier molecular flexibility index (Phi) is 7.35. The maximum Gasteiger partial charge on any atom is 0.335 e. The van der Waals surface area contributed by atoms with Crippen molar-refractivity contribution in [2.24, 2.45) is 5.73 Å². The van der Waals surface area contributed by atoms with Gasteiger partial charge in [-0.15, -0.1) is 0 Å². The minimum atomic E-state index is -1.07. The SMILES string of the molecule is COCCOc1cc(N)c(C(=N)C(=O)/C=C(\N)c2ccc(C(=O)O)cc2)cc1Cl. The van der Waals surface area contributed by atoms with Crippen LogP contribution in [0, 0.1) is 5.41 Å². The second-order valence-corrected chi connectivity index (χ2v) is 6.34. The van der Waals surface area contributed by atoms with E-state index in [2.05, 4.69) is 0 Å². The van der Waals surface area contributed by atoms with E-state index in [1.54, 1.807) is 0 Å². The minimum absolute atomic E-state index is 0.0841. The number of carbonyl (C=O) groups excluding carboxylic acids is 1. The van der Waals surface area contributed by atoms with Gasteiger partial charge in [-0.1, -0.05) is 23.7 Å². The Balaban J connectivity index is 2.20. The van der Waals surface area contributed by atoms with Crippen molar-refractivity contribution in [3.8, 4) is 5.75 Å². The monoisotopic (exact) mass is 417 g/mol. The van der Waals surface area contributed by atoms with E-state index < -0.39 is 17.5 Å². The zero-order valence-electron chi connectivity index (χ0n) is 15.6. The van der Waals surface area contributed by atoms with Crippen molar-refractivity contribution >= 4 is 40.4 Å². The molecule has 0 aromatic heterocycles. The molecule has 0 heterocycles. The third-order valence-electron chi connectivity index (χ3n) is 3.92. The first kappa shape index (κ1) is 21.9. The molecule has 0 bridgehead atoms. The van der Waals surface area contributed by atoms with E-state index in [1.807, 2.05) is 0 Å². The zero-order chi connectivity index (χ0) is 21.6. The zero-order valence-corrected chi connectivity index (χ0v) is 16.3. The number of ether oxygens (including phenoxy) is 2. The maximum absolute atomic E-state index is 12.4. The van der Waals surface area contributed by atoms with Crippen molar-refractivity contribution in [3.63, 3.8) is 0 Å². The lowest BCUT2D eigenvalue weighted by atomic mass is 10.0. The van der Waals surface area contributed by atoms with Crippen LogP contribution in [-0.2, 0) is 9.53 Å². The van der Waals surface area contributed by atoms with Gasteiger partial charge in [0, 0.05) is 36.2 Å². The molecule has 0 fully saturated rings. The number of anilines is 1. The molecule has 29 heavy (non-hydrogen) atoms. The number of carbonyl (C=O) groups is 2. The second kappa shape index (κ2) is 9.72. The predicted octanol–water partition coefficient (Wildman–Crippen LogP) is 2.58. The van der Waals surface area contributed by atoms with E-state index in [9.17, 15) is 9.59 Å². The standard InChI is InChI=1S/C20H20ClN3O5/c1-28-6-7-29-18-10-16(23)13(8-14(18)21)19(24)17(25)9-15(22)11-2-4-12(5-3-11)20(26)27/h2-5,8-10,24H,6-7,22-23H2,1H3,(H,26,27)/b15-9-,24-19?. The number of nitrogens with two attached hydrogens (primary N) is 2. The van der Waals surface area contributed by atoms with Crippen LogP contribution in [0.1, 0.15) is 21.5 Å². The molecule has 6 N–H and O–H groups in total. The maximum atomic E-state index is 12.4. The van der Waals surface area contributed by atoms with Gasteiger partial charge in [0.05, 0.1) is 17.2 Å². The van der Waals surface area contributed by atoms with Gasteiger partial charge in [-0.3, -0.25) is 10.2 Å². The van der Waals surface area contributed by atoms with Gasteiger partial charge in [0.25, 0.3) is 0 Å². The summed E-state index contributed by atoms with van der Waals surface area (Å²) in [5.41, 5.74) is 12.4. The Morgan fingerprint density at radius 1 is 1.17 bits per heavy atom. The molecule has 0 aliphatic carbocycles. The molecule has 0 aliphatic heterocycles. The van der Waals surface area contributed by atoms with E-state index in [0.717, 1.165) is 6.08 Å². The number of halogens is 1. The molecule has 152 valence electrons. The highest BCUT2D eigenvalue weighted by Gasteiger charge is 2.17. The van der Waals surface area contributed by atoms with E-state index >= 15 is 0 Å². The summed E-state index contributed by atoms with van der Waals surface area (Å²) in [6, 6.07) is 8.51. The molecule has 0 atom stereocenters. The van der Waals surface area contributed by atoms with Crippen molar-refractivity contribution in [2.45, 2.75) is 0 Å². The van der Waals surface area contributed by atoms with Gasteiger partial charge >= 0.3 is 5.97 Å². The Labute approximate surface area is 172 Å². The quantitative estimate of drug-likeness (QED) is 0.212. The third kappa shape index (κ3) is 5.56. The number of ketones is 1. The van der Waals surface area contributed by atoms with Gasteiger partial charge < -0.3 is 26.0 Å². The first-order valence-corrected chi connectivity index (χ1v) is 8.77. The number of rotatable bonds is 9. The Hall–Kier alpha value is -3.36. The molecular weight excluding hydrogens is 398 g/mol. The van der Waals surface area contributed by atoms with Crippen LogP contribution < -0.4 is 16.2 Å². The Morgan fingerprint density at radius 2 is 1.79 bits per heavy atom. The average molecular weight is 418 g/mol. The van der Waals surface area contributed by atoms with Crippen molar-refractivity contribution in [3.05, 3.63) is 64.2 Å². The van der Waals surface area contributed by atoms with Gasteiger partial charge in [-0.05, 0) is 23.8 Å². The molecule has 0 saturated carbocycles. The van der Waals surface area contributed by atoms with Crippen LogP contribution in [0.3, 0.4) is 0 Å². The molecular formula is C20H20ClN3O5. The molecule has 0 spiro atoms. The van der Waals surface area contributed by atoms with Crippen LogP contribution in [0.2, 0.25) is 5.02 Å². The first-order valence-electron chi connectivity index (χ1n) is 8.39. The first-order chi connectivity index (χ1) is 13.7. The third-order valence-corrected chi connectivity index (χ3v) is 4.21. The van der Waals surface area contributed by atoms with Gasteiger partial charge in [-0.25, -0.2) is 4.79 Å². The molecule has 8 nitrogen and oxygen atoms in total. The van der Waals surface area contributed by atoms with Crippen molar-refractivity contribution < 1.29 is 24.2 Å². The Bertz CT molecular complexity index is 971. The number of nitrogen functional groups attached to an aromatic ring is 1. The largest absolute Gasteiger partial charge is 0.490 e. The number of benzene rings is 2. The highest BCUT2D eigenvalue weighted by atomic mass is 35.5. The molecule has 0 amide bonds. The van der Waals surface area contributed by atoms with Crippen LogP contribution in [0.5, 0.6) is 5.75 Å². The Morgan fingerprint density at radius 3 is 2.38 bits per heavy atom. The second-order valence-electron chi connectivity index (χ2n) is 5.93. The van der Waals surface area contributed by atoms with Gasteiger partial charge in [0.1, 0.15) is 18.1 Å². The summed E-state index contributed by atoms with van der Waals surface area (Å²) in [5, 5.41) is 17.3. The number of methoxy groups -OCH3 is 1. The summed E-state index contributed by atoms with van der Waals surface area (Å²) < 4.78 is 10.3. The smallest absolute Gasteiger partial charge is 0.335 e. The summed E-state index contributed by atoms with van der Waals surface area (Å²) in [6.07, 6.45) is 1.08. The van der Waals surface area contributed by atoms with Gasteiger partial charge in [0.2, 0.25) is 5.78 Å². The molecule has 0 aliphatic rings. The fraction of sp³-hybridized carbons (Fsp3) is 0.150. The summed E-state index contributed by atoms with van der Waals surface area (Å²) in [4.78, 5) is 23.3. The van der Waals surface area contributed by atoms with E-state index in [4.69, 9.17) is 43.1 Å². The molecule has 0 radical (unpaired) electrons. The van der Waals surface area contributed by atoms with Crippen LogP contribution in [0.25, 0.3) is 5.70 Å². The highest BCUT2D eigenvalue weighted by Crippen LogP contribution is 2.30. The lowest BCUT2D eigenvalue weighted by molar-refractivity contribution is -0.108. The van der Waals surface area contributed by atoms with Crippen LogP contribution in [0.4, 0.5) is 5.69 Å². The molecule has 9 heteroatoms. The predicted molar refractivity (Wildman–Crippen MR) is 111 cm³/mol. The molecule has 0 saturated heterocycles. The topological polar surface area (TPSA) is 149 Å². The van der Waals surface area contributed by atoms with E-state index in [1.165, 1.54) is 43.5 Å². The lowest BCUT2D eigenvalue weighted by Crippen LogP contribution is -2.16. The van der Waals surface area contributed by atoms with Crippen LogP contribution >= 0.6 is 11.6 Å². The number of hydrogen-bond acceptors (Lipinski definition) is 7. The minimum Gasteiger partial charge on any atom is -0.490 e. The normalized spacial score (nSPS) is 11.2. The average Bonchev–Trinajstić information content (AvgIpc) is 2.69. The van der Waals surface area contributed by atoms with Gasteiger partial charge in [-0.2, -0.15) is 0 Å². The van der Waals surface area contributed by atoms with E-state index in [0.29, 0.717) is 17.9 Å². The van der Waals surface area contributed by atoms with Crippen LogP contribution in [-0.4, -0.2) is 42.9 Å². The molecule has 2 rings (SSSR count). The number of aromatic carboxylic acids is 1. The number of hydrogen-bond donors (Lipinski definition) is 4. The lowest BCUT2D eigenvalue weighted by Gasteiger charge is -2.12. The number of carboxylic acids is 1. The highest BCUT2D eigenvalue weighted by molar-refractivity contribution is 6.50. The van der Waals surface area contributed by atoms with Crippen molar-refractivity contribution in [1.29, 1.82) is 5.41 Å². The van der Waals surface area contributed by atoms with Gasteiger partial charge in [0.15, 0.2) is 0 Å². The number of allylic oxidation sites excluding steroid dienone is 1. The fourth-order valence-corrected chi connectivity index (χ4v) is 2.58. The summed E-state index contributed by atoms with van der Waals surface area (Å²) in [7, 11) is 1.54. The molecule has 2 aromatic rings. The van der Waals surface area contributed by atoms with E-state index in [-0.39, 0.29) is 34.1 Å². The van der Waals surface area contributed by atoms with Crippen molar-refractivity contribution in [2.75, 3.05) is 26.1 Å². The number of carboxylic acid groups (broad SMARTS) is 1. The van der Waals surface area contributed by atoms with Crippen molar-refractivity contribution in [1.82, 2.24) is 0 Å². The van der Waals surface area contributed by atoms with Crippen LogP contribution in [0.15, 0.2) is 42.5 Å². The molecule has 0 unspecified atom stereocenters. The summed E-state index contributed by atoms with van der Waals surface area (Å²) in [5.74, 6) is -1.43. The summed E-state index contributed by atoms with van der Waals surface area (Å²) >= 11 is 6.15. The number of nitrogens with one attached hydrogen (secondary N) is 1. The summed E-state index contributed by atoms with van der Waals surface area (Å²) in [6.45, 7) is 0.634.